The van der Waals surface area contributed by atoms with Gasteiger partial charge in [0.2, 0.25) is 5.91 Å². The molecule has 9 nitrogen and oxygen atoms in total. The average Bonchev–Trinajstić information content (AvgIpc) is 3.16. The van der Waals surface area contributed by atoms with Crippen molar-refractivity contribution in [1.82, 2.24) is 29.6 Å². The summed E-state index contributed by atoms with van der Waals surface area (Å²) in [5, 5.41) is 4.12. The van der Waals surface area contributed by atoms with Crippen molar-refractivity contribution in [2.24, 2.45) is 0 Å². The van der Waals surface area contributed by atoms with Crippen LogP contribution in [-0.4, -0.2) is 69.3 Å². The molecule has 0 unspecified atom stereocenters. The molecule has 134 valence electrons. The molecule has 0 N–H and O–H groups in total. The Morgan fingerprint density at radius 1 is 1.32 bits per heavy atom. The Morgan fingerprint density at radius 2 is 2.08 bits per heavy atom. The van der Waals surface area contributed by atoms with E-state index in [4.69, 9.17) is 4.74 Å². The van der Waals surface area contributed by atoms with Crippen molar-refractivity contribution in [3.8, 4) is 0 Å². The third-order valence-corrected chi connectivity index (χ3v) is 4.30. The van der Waals surface area contributed by atoms with E-state index in [2.05, 4.69) is 20.1 Å². The van der Waals surface area contributed by atoms with Crippen LogP contribution < -0.4 is 4.90 Å². The Labute approximate surface area is 146 Å². The fourth-order valence-corrected chi connectivity index (χ4v) is 2.89. The van der Waals surface area contributed by atoms with Gasteiger partial charge in [-0.15, -0.1) is 0 Å². The van der Waals surface area contributed by atoms with Gasteiger partial charge >= 0.3 is 0 Å². The lowest BCUT2D eigenvalue weighted by molar-refractivity contribution is -0.147. The molecule has 0 radical (unpaired) electrons. The third kappa shape index (κ3) is 3.32. The van der Waals surface area contributed by atoms with Gasteiger partial charge in [-0.25, -0.2) is 14.6 Å². The van der Waals surface area contributed by atoms with E-state index in [-0.39, 0.29) is 12.0 Å². The van der Waals surface area contributed by atoms with E-state index >= 15 is 0 Å². The quantitative estimate of drug-likeness (QED) is 0.796. The molecule has 9 heteroatoms. The van der Waals surface area contributed by atoms with Crippen LogP contribution in [0.3, 0.4) is 0 Å². The minimum atomic E-state index is -0.814. The number of nitrogens with zero attached hydrogens (tertiary/aromatic N) is 7. The van der Waals surface area contributed by atoms with Gasteiger partial charge in [0, 0.05) is 33.0 Å². The first kappa shape index (κ1) is 17.3. The summed E-state index contributed by atoms with van der Waals surface area (Å²) in [6, 6.07) is 0. The minimum Gasteiger partial charge on any atom is -0.368 e. The number of rotatable bonds is 4. The lowest BCUT2D eigenvalue weighted by Crippen LogP contribution is -2.51. The first-order chi connectivity index (χ1) is 11.9. The standard InChI is InChI=1S/C16H23N7O2/c1-16(2,23-11-17-10-20-23)15(24)22-7-8-25-12(9-22)13-14(21(3)4)19-6-5-18-13/h5-6,10-12H,7-9H2,1-4H3/t12-/m1/s1. The van der Waals surface area contributed by atoms with E-state index in [1.54, 1.807) is 28.3 Å². The van der Waals surface area contributed by atoms with Gasteiger partial charge in [0.15, 0.2) is 5.82 Å². The highest BCUT2D eigenvalue weighted by Crippen LogP contribution is 2.28. The van der Waals surface area contributed by atoms with Crippen LogP contribution in [0.2, 0.25) is 0 Å². The van der Waals surface area contributed by atoms with E-state index in [0.29, 0.717) is 19.7 Å². The molecule has 3 rings (SSSR count). The summed E-state index contributed by atoms with van der Waals surface area (Å²) in [6.07, 6.45) is 5.97. The Hall–Kier alpha value is -2.55. The normalized spacial score (nSPS) is 18.2. The maximum atomic E-state index is 13.0. The Balaban J connectivity index is 1.81. The molecule has 2 aromatic rings. The van der Waals surface area contributed by atoms with Gasteiger partial charge in [-0.3, -0.25) is 9.78 Å². The fourth-order valence-electron chi connectivity index (χ4n) is 2.89. The average molecular weight is 345 g/mol. The maximum absolute atomic E-state index is 13.0. The lowest BCUT2D eigenvalue weighted by Gasteiger charge is -2.37. The summed E-state index contributed by atoms with van der Waals surface area (Å²) in [5.74, 6) is 0.721. The predicted octanol–water partition coefficient (Wildman–Crippen LogP) is 0.469. The molecule has 1 aliphatic rings. The largest absolute Gasteiger partial charge is 0.368 e. The van der Waals surface area contributed by atoms with Gasteiger partial charge < -0.3 is 14.5 Å². The van der Waals surface area contributed by atoms with Crippen LogP contribution >= 0.6 is 0 Å². The van der Waals surface area contributed by atoms with Crippen LogP contribution in [0.4, 0.5) is 5.82 Å². The molecule has 0 spiro atoms. The van der Waals surface area contributed by atoms with Crippen LogP contribution in [0.25, 0.3) is 0 Å². The second-order valence-electron chi connectivity index (χ2n) is 6.67. The molecule has 0 saturated carbocycles. The highest BCUT2D eigenvalue weighted by Gasteiger charge is 2.38. The zero-order chi connectivity index (χ0) is 18.0. The highest BCUT2D eigenvalue weighted by molar-refractivity contribution is 5.83. The van der Waals surface area contributed by atoms with Crippen LogP contribution in [0.15, 0.2) is 25.0 Å². The van der Waals surface area contributed by atoms with Crippen molar-refractivity contribution in [3.63, 3.8) is 0 Å². The van der Waals surface area contributed by atoms with Crippen molar-refractivity contribution in [1.29, 1.82) is 0 Å². The molecule has 3 heterocycles. The van der Waals surface area contributed by atoms with Crippen molar-refractivity contribution >= 4 is 11.7 Å². The molecule has 1 amide bonds. The first-order valence-corrected chi connectivity index (χ1v) is 8.15. The lowest BCUT2D eigenvalue weighted by atomic mass is 10.0. The molecule has 2 aromatic heterocycles. The molecule has 1 atom stereocenters. The number of hydrogen-bond acceptors (Lipinski definition) is 7. The summed E-state index contributed by atoms with van der Waals surface area (Å²) in [4.78, 5) is 29.5. The van der Waals surface area contributed by atoms with Gasteiger partial charge in [-0.2, -0.15) is 5.10 Å². The van der Waals surface area contributed by atoms with E-state index in [1.165, 1.54) is 6.33 Å². The number of ether oxygens (including phenoxy) is 1. The molecule has 1 aliphatic heterocycles. The van der Waals surface area contributed by atoms with Crippen molar-refractivity contribution < 1.29 is 9.53 Å². The van der Waals surface area contributed by atoms with Gasteiger partial charge in [0.1, 0.15) is 30.0 Å². The van der Waals surface area contributed by atoms with Crippen molar-refractivity contribution in [3.05, 3.63) is 30.7 Å². The number of amides is 1. The smallest absolute Gasteiger partial charge is 0.250 e. The van der Waals surface area contributed by atoms with Crippen LogP contribution in [0.1, 0.15) is 25.6 Å². The SMILES string of the molecule is CN(C)c1nccnc1[C@H]1CN(C(=O)C(C)(C)n2cncn2)CCO1. The topological polar surface area (TPSA) is 89.3 Å². The summed E-state index contributed by atoms with van der Waals surface area (Å²) in [5.41, 5.74) is -0.0749. The summed E-state index contributed by atoms with van der Waals surface area (Å²) in [7, 11) is 3.82. The molecule has 0 aromatic carbocycles. The summed E-state index contributed by atoms with van der Waals surface area (Å²) >= 11 is 0. The monoisotopic (exact) mass is 345 g/mol. The van der Waals surface area contributed by atoms with Crippen LogP contribution in [-0.2, 0) is 15.1 Å². The van der Waals surface area contributed by atoms with Crippen LogP contribution in [0, 0.1) is 0 Å². The second kappa shape index (κ2) is 6.75. The fraction of sp³-hybridized carbons (Fsp3) is 0.562. The van der Waals surface area contributed by atoms with E-state index in [1.807, 2.05) is 32.8 Å². The number of hydrogen-bond donors (Lipinski definition) is 0. The molecular formula is C16H23N7O2. The van der Waals surface area contributed by atoms with E-state index < -0.39 is 5.54 Å². The van der Waals surface area contributed by atoms with E-state index in [0.717, 1.165) is 11.5 Å². The number of carbonyl (C=O) groups excluding carboxylic acids is 1. The minimum absolute atomic E-state index is 0.0263. The zero-order valence-corrected chi connectivity index (χ0v) is 15.0. The van der Waals surface area contributed by atoms with E-state index in [9.17, 15) is 4.79 Å². The highest BCUT2D eigenvalue weighted by atomic mass is 16.5. The zero-order valence-electron chi connectivity index (χ0n) is 15.0. The maximum Gasteiger partial charge on any atom is 0.250 e. The molecule has 1 fully saturated rings. The number of aromatic nitrogens is 5. The molecule has 1 saturated heterocycles. The number of morpholine rings is 1. The van der Waals surface area contributed by atoms with Gasteiger partial charge in [0.05, 0.1) is 13.2 Å². The predicted molar refractivity (Wildman–Crippen MR) is 91.0 cm³/mol. The summed E-state index contributed by atoms with van der Waals surface area (Å²) in [6.45, 7) is 5.08. The van der Waals surface area contributed by atoms with Gasteiger partial charge in [-0.05, 0) is 13.8 Å². The molecule has 0 aliphatic carbocycles. The Kier molecular flexibility index (Phi) is 4.67. The second-order valence-corrected chi connectivity index (χ2v) is 6.67. The molecule has 25 heavy (non-hydrogen) atoms. The van der Waals surface area contributed by atoms with Crippen molar-refractivity contribution in [2.45, 2.75) is 25.5 Å². The first-order valence-electron chi connectivity index (χ1n) is 8.15. The Bertz CT molecular complexity index is 730. The summed E-state index contributed by atoms with van der Waals surface area (Å²) < 4.78 is 7.46. The molecular weight excluding hydrogens is 322 g/mol. The van der Waals surface area contributed by atoms with Crippen molar-refractivity contribution in [2.75, 3.05) is 38.7 Å². The number of anilines is 1. The van der Waals surface area contributed by atoms with Gasteiger partial charge in [0.25, 0.3) is 0 Å². The number of carbonyl (C=O) groups is 1. The Morgan fingerprint density at radius 3 is 2.76 bits per heavy atom. The third-order valence-electron chi connectivity index (χ3n) is 4.30. The van der Waals surface area contributed by atoms with Crippen LogP contribution in [0.5, 0.6) is 0 Å². The van der Waals surface area contributed by atoms with Gasteiger partial charge in [-0.1, -0.05) is 0 Å². The molecule has 0 bridgehead atoms.